The molecule has 0 aromatic heterocycles. The van der Waals surface area contributed by atoms with Gasteiger partial charge in [-0.2, -0.15) is 0 Å². The van der Waals surface area contributed by atoms with Crippen molar-refractivity contribution in [3.8, 4) is 5.75 Å². The highest BCUT2D eigenvalue weighted by Crippen LogP contribution is 2.39. The zero-order valence-electron chi connectivity index (χ0n) is 10.6. The maximum absolute atomic E-state index is 10.8. The molecular formula is C7H3N9O7. The van der Waals surface area contributed by atoms with Crippen molar-refractivity contribution in [3.05, 3.63) is 69.4 Å². The monoisotopic (exact) mass is 325 g/mol. The summed E-state index contributed by atoms with van der Waals surface area (Å²) in [4.78, 5) is 31.5. The zero-order chi connectivity index (χ0) is 17.6. The third kappa shape index (κ3) is 2.97. The molecule has 0 aliphatic carbocycles. The summed E-state index contributed by atoms with van der Waals surface area (Å²) in [7, 11) is 0. The lowest BCUT2D eigenvalue weighted by atomic mass is 10.2. The van der Waals surface area contributed by atoms with Crippen LogP contribution in [0.4, 0.5) is 11.4 Å². The topological polar surface area (TPSA) is 236 Å². The molecule has 0 aliphatic rings. The fraction of sp³-hybridized carbons (Fsp3) is 0.143. The van der Waals surface area contributed by atoms with Gasteiger partial charge in [-0.25, -0.2) is 30.3 Å². The summed E-state index contributed by atoms with van der Waals surface area (Å²) in [6, 6.07) is 2.97. The third-order valence-electron chi connectivity index (χ3n) is 2.24. The van der Waals surface area contributed by atoms with Gasteiger partial charge in [0.15, 0.2) is 5.75 Å². The number of benzene rings is 1. The minimum atomic E-state index is -4.27. The molecule has 0 N–H and O–H groups in total. The Balaban J connectivity index is 3.63. The molecule has 0 spiro atoms. The first-order valence-electron chi connectivity index (χ1n) is 5.17. The van der Waals surface area contributed by atoms with Crippen molar-refractivity contribution in [1.29, 1.82) is 0 Å². The van der Waals surface area contributed by atoms with E-state index < -0.39 is 37.9 Å². The van der Waals surface area contributed by atoms with Crippen molar-refractivity contribution in [2.75, 3.05) is 0 Å². The number of nitrogens with zero attached hydrogens (tertiary/aromatic N) is 9. The summed E-state index contributed by atoms with van der Waals surface area (Å²) in [5.74, 6) is -5.16. The lowest BCUT2D eigenvalue weighted by Gasteiger charge is -2.11. The van der Waals surface area contributed by atoms with Crippen molar-refractivity contribution < 1.29 is 19.5 Å². The van der Waals surface area contributed by atoms with Crippen LogP contribution in [0.5, 0.6) is 5.75 Å². The molecule has 0 radical (unpaired) electrons. The van der Waals surface area contributed by atoms with E-state index in [4.69, 9.17) is 11.1 Å². The Hall–Kier alpha value is -4.16. The third-order valence-corrected chi connectivity index (χ3v) is 2.24. The van der Waals surface area contributed by atoms with Crippen molar-refractivity contribution in [2.24, 2.45) is 10.2 Å². The van der Waals surface area contributed by atoms with Crippen LogP contribution < -0.4 is 4.74 Å². The number of hydrogen-bond donors (Lipinski definition) is 0. The van der Waals surface area contributed by atoms with E-state index in [1.165, 1.54) is 0 Å². The van der Waals surface area contributed by atoms with E-state index >= 15 is 0 Å². The number of hydrogen-bond acceptors (Lipinski definition) is 9. The number of ether oxygens (including phenoxy) is 1. The van der Waals surface area contributed by atoms with E-state index in [-0.39, 0.29) is 0 Å². The molecule has 0 fully saturated rings. The van der Waals surface area contributed by atoms with Gasteiger partial charge in [0.2, 0.25) is 14.8 Å². The van der Waals surface area contributed by atoms with Gasteiger partial charge >= 0.3 is 5.97 Å². The van der Waals surface area contributed by atoms with Gasteiger partial charge in [-0.15, -0.1) is 0 Å². The summed E-state index contributed by atoms with van der Waals surface area (Å²) in [5.41, 5.74) is 15.7. The summed E-state index contributed by atoms with van der Waals surface area (Å²) in [6.45, 7) is 0. The molecule has 0 saturated heterocycles. The second-order valence-corrected chi connectivity index (χ2v) is 3.45. The van der Waals surface area contributed by atoms with E-state index in [0.717, 1.165) is 18.2 Å². The highest BCUT2D eigenvalue weighted by Gasteiger charge is 2.76. The molecule has 0 saturated carbocycles. The molecule has 0 bridgehead atoms. The first-order valence-corrected chi connectivity index (χ1v) is 5.17. The van der Waals surface area contributed by atoms with Gasteiger partial charge in [0.05, 0.1) is 11.4 Å². The Morgan fingerprint density at radius 1 is 1.00 bits per heavy atom. The first-order chi connectivity index (χ1) is 10.8. The standard InChI is InChI=1S/C7H3N9O7/c8-12-10-4-2-1-3-5(6(4)11-13-9)23-7(14(17)18,15(19)20)16(21)22/h1-3H. The van der Waals surface area contributed by atoms with Crippen LogP contribution in [0, 0.1) is 30.3 Å². The van der Waals surface area contributed by atoms with Gasteiger partial charge in [0.1, 0.15) is 0 Å². The largest absolute Gasteiger partial charge is 0.890 e. The molecule has 0 amide bonds. The SMILES string of the molecule is [N-]=[N+]=Nc1cccc(OC([N+](=O)[O-])([N+](=O)[O-])[N+](=O)[O-])c1N=[N+]=[N-]. The molecule has 0 aliphatic heterocycles. The fourth-order valence-electron chi connectivity index (χ4n) is 1.33. The van der Waals surface area contributed by atoms with Gasteiger partial charge in [-0.1, -0.05) is 22.4 Å². The molecule has 16 heteroatoms. The lowest BCUT2D eigenvalue weighted by Crippen LogP contribution is -2.57. The van der Waals surface area contributed by atoms with E-state index in [1.807, 2.05) is 0 Å². The van der Waals surface area contributed by atoms with Crippen LogP contribution in [0.15, 0.2) is 28.4 Å². The summed E-state index contributed by atoms with van der Waals surface area (Å²) in [6.07, 6.45) is 0. The Labute approximate surface area is 123 Å². The van der Waals surface area contributed by atoms with E-state index in [1.54, 1.807) is 0 Å². The highest BCUT2D eigenvalue weighted by molar-refractivity contribution is 5.69. The molecular weight excluding hydrogens is 322 g/mol. The fourth-order valence-corrected chi connectivity index (χ4v) is 1.33. The van der Waals surface area contributed by atoms with Crippen LogP contribution >= 0.6 is 0 Å². The van der Waals surface area contributed by atoms with Gasteiger partial charge < -0.3 is 4.74 Å². The summed E-state index contributed by atoms with van der Waals surface area (Å²) in [5, 5.41) is 38.5. The van der Waals surface area contributed by atoms with Crippen molar-refractivity contribution in [3.63, 3.8) is 0 Å². The summed E-state index contributed by atoms with van der Waals surface area (Å²) < 4.78 is 4.31. The Bertz CT molecular complexity index is 742. The zero-order valence-corrected chi connectivity index (χ0v) is 10.6. The van der Waals surface area contributed by atoms with Gasteiger partial charge in [0.25, 0.3) is 0 Å². The van der Waals surface area contributed by atoms with Crippen molar-refractivity contribution >= 4 is 11.4 Å². The maximum Gasteiger partial charge on any atom is 0.890 e. The Kier molecular flexibility index (Phi) is 4.79. The first kappa shape index (κ1) is 16.9. The smallest absolute Gasteiger partial charge is 0.306 e. The van der Waals surface area contributed by atoms with E-state index in [0.29, 0.717) is 0 Å². The van der Waals surface area contributed by atoms with Crippen LogP contribution in [0.25, 0.3) is 20.9 Å². The van der Waals surface area contributed by atoms with Crippen LogP contribution in [0.3, 0.4) is 0 Å². The lowest BCUT2D eigenvalue weighted by molar-refractivity contribution is -1.01. The molecule has 0 heterocycles. The molecule has 16 nitrogen and oxygen atoms in total. The van der Waals surface area contributed by atoms with Gasteiger partial charge in [-0.05, 0) is 17.1 Å². The normalized spacial score (nSPS) is 9.91. The summed E-state index contributed by atoms with van der Waals surface area (Å²) >= 11 is 0. The molecule has 1 aromatic carbocycles. The van der Waals surface area contributed by atoms with Crippen LogP contribution in [0.2, 0.25) is 0 Å². The molecule has 0 atom stereocenters. The van der Waals surface area contributed by atoms with Crippen molar-refractivity contribution in [2.45, 2.75) is 5.97 Å². The number of rotatable bonds is 7. The second-order valence-electron chi connectivity index (χ2n) is 3.45. The number of azide groups is 2. The van der Waals surface area contributed by atoms with Gasteiger partial charge in [-0.3, -0.25) is 0 Å². The van der Waals surface area contributed by atoms with Crippen LogP contribution in [0.1, 0.15) is 0 Å². The molecule has 1 rings (SSSR count). The predicted molar refractivity (Wildman–Crippen MR) is 68.4 cm³/mol. The van der Waals surface area contributed by atoms with E-state index in [2.05, 4.69) is 24.8 Å². The molecule has 23 heavy (non-hydrogen) atoms. The Morgan fingerprint density at radius 3 is 1.96 bits per heavy atom. The average molecular weight is 325 g/mol. The van der Waals surface area contributed by atoms with Crippen molar-refractivity contribution in [1.82, 2.24) is 0 Å². The average Bonchev–Trinajstić information content (AvgIpc) is 2.46. The highest BCUT2D eigenvalue weighted by atomic mass is 16.8. The molecule has 1 aromatic rings. The second kappa shape index (κ2) is 6.53. The minimum Gasteiger partial charge on any atom is -0.306 e. The van der Waals surface area contributed by atoms with E-state index in [9.17, 15) is 30.3 Å². The quantitative estimate of drug-likeness (QED) is 0.181. The minimum absolute atomic E-state index is 0.410. The molecule has 0 unspecified atom stereocenters. The van der Waals surface area contributed by atoms with Crippen LogP contribution in [-0.2, 0) is 0 Å². The Morgan fingerprint density at radius 2 is 1.52 bits per heavy atom. The maximum atomic E-state index is 10.8. The van der Waals surface area contributed by atoms with Crippen LogP contribution in [-0.4, -0.2) is 20.7 Å². The van der Waals surface area contributed by atoms with Gasteiger partial charge in [0, 0.05) is 9.82 Å². The molecule has 118 valence electrons. The predicted octanol–water partition coefficient (Wildman–Crippen LogP) is 2.39. The number of nitro groups is 3.